The monoisotopic (exact) mass is 290 g/mol. The van der Waals surface area contributed by atoms with Crippen molar-refractivity contribution in [2.75, 3.05) is 24.4 Å². The lowest BCUT2D eigenvalue weighted by Crippen LogP contribution is -2.45. The summed E-state index contributed by atoms with van der Waals surface area (Å²) in [5.74, 6) is 6.59. The van der Waals surface area contributed by atoms with Gasteiger partial charge in [0.05, 0.1) is 5.60 Å². The van der Waals surface area contributed by atoms with Crippen molar-refractivity contribution < 1.29 is 4.74 Å². The van der Waals surface area contributed by atoms with Crippen molar-refractivity contribution in [2.24, 2.45) is 5.84 Å². The number of rotatable bonds is 6. The van der Waals surface area contributed by atoms with E-state index in [9.17, 15) is 0 Å². The SMILES string of the molecule is COC1(CNc2nc(NN)nc(-n3ccnc3)n2)CCC1. The number of methoxy groups -OCH3 is 1. The summed E-state index contributed by atoms with van der Waals surface area (Å²) in [6.07, 6.45) is 8.28. The van der Waals surface area contributed by atoms with Gasteiger partial charge in [0.1, 0.15) is 6.33 Å². The van der Waals surface area contributed by atoms with Gasteiger partial charge in [0.2, 0.25) is 17.8 Å². The van der Waals surface area contributed by atoms with Crippen LogP contribution in [0.4, 0.5) is 11.9 Å². The second kappa shape index (κ2) is 5.62. The minimum atomic E-state index is -0.113. The van der Waals surface area contributed by atoms with Gasteiger partial charge in [-0.15, -0.1) is 0 Å². The Labute approximate surface area is 121 Å². The van der Waals surface area contributed by atoms with E-state index in [2.05, 4.69) is 30.7 Å². The van der Waals surface area contributed by atoms with Gasteiger partial charge in [-0.05, 0) is 19.3 Å². The molecule has 3 rings (SSSR count). The molecule has 0 atom stereocenters. The fourth-order valence-corrected chi connectivity index (χ4v) is 2.27. The lowest BCUT2D eigenvalue weighted by molar-refractivity contribution is -0.0602. The summed E-state index contributed by atoms with van der Waals surface area (Å²) >= 11 is 0. The van der Waals surface area contributed by atoms with Crippen LogP contribution in [0.2, 0.25) is 0 Å². The third-order valence-corrected chi connectivity index (χ3v) is 3.75. The highest BCUT2D eigenvalue weighted by Gasteiger charge is 2.36. The van der Waals surface area contributed by atoms with Crippen LogP contribution in [0.5, 0.6) is 0 Å². The van der Waals surface area contributed by atoms with Crippen molar-refractivity contribution in [3.05, 3.63) is 18.7 Å². The van der Waals surface area contributed by atoms with Crippen molar-refractivity contribution in [3.63, 3.8) is 0 Å². The smallest absolute Gasteiger partial charge is 0.243 e. The third-order valence-electron chi connectivity index (χ3n) is 3.75. The Hall–Kier alpha value is -2.26. The molecule has 1 fully saturated rings. The molecule has 0 radical (unpaired) electrons. The van der Waals surface area contributed by atoms with E-state index in [0.29, 0.717) is 18.4 Å². The molecule has 0 aliphatic heterocycles. The summed E-state index contributed by atoms with van der Waals surface area (Å²) in [7, 11) is 1.73. The highest BCUT2D eigenvalue weighted by atomic mass is 16.5. The molecule has 2 aromatic heterocycles. The molecule has 9 heteroatoms. The molecule has 0 bridgehead atoms. The number of anilines is 2. The van der Waals surface area contributed by atoms with E-state index in [0.717, 1.165) is 12.8 Å². The van der Waals surface area contributed by atoms with Crippen molar-refractivity contribution in [2.45, 2.75) is 24.9 Å². The van der Waals surface area contributed by atoms with Crippen LogP contribution in [0.15, 0.2) is 18.7 Å². The van der Waals surface area contributed by atoms with Gasteiger partial charge in [-0.1, -0.05) is 0 Å². The zero-order valence-electron chi connectivity index (χ0n) is 11.8. The minimum absolute atomic E-state index is 0.113. The van der Waals surface area contributed by atoms with Gasteiger partial charge in [-0.2, -0.15) is 15.0 Å². The molecular weight excluding hydrogens is 272 g/mol. The van der Waals surface area contributed by atoms with Crippen LogP contribution in [0, 0.1) is 0 Å². The Kier molecular flexibility index (Phi) is 3.67. The fourth-order valence-electron chi connectivity index (χ4n) is 2.27. The van der Waals surface area contributed by atoms with Crippen molar-refractivity contribution in [1.29, 1.82) is 0 Å². The molecule has 4 N–H and O–H groups in total. The first-order valence-corrected chi connectivity index (χ1v) is 6.75. The predicted molar refractivity (Wildman–Crippen MR) is 76.8 cm³/mol. The molecule has 2 aromatic rings. The van der Waals surface area contributed by atoms with E-state index in [-0.39, 0.29) is 11.5 Å². The number of ether oxygens (including phenoxy) is 1. The van der Waals surface area contributed by atoms with Crippen LogP contribution in [0.3, 0.4) is 0 Å². The number of hydrogen-bond acceptors (Lipinski definition) is 8. The summed E-state index contributed by atoms with van der Waals surface area (Å²) in [4.78, 5) is 16.7. The normalized spacial score (nSPS) is 16.3. The van der Waals surface area contributed by atoms with E-state index in [1.54, 1.807) is 30.4 Å². The van der Waals surface area contributed by atoms with Crippen LogP contribution in [0.25, 0.3) is 5.95 Å². The third kappa shape index (κ3) is 2.78. The van der Waals surface area contributed by atoms with E-state index in [1.807, 2.05) is 0 Å². The molecule has 112 valence electrons. The van der Waals surface area contributed by atoms with Crippen molar-refractivity contribution in [3.8, 4) is 5.95 Å². The molecule has 0 unspecified atom stereocenters. The summed E-state index contributed by atoms with van der Waals surface area (Å²) in [5.41, 5.74) is 2.33. The Balaban J connectivity index is 1.79. The van der Waals surface area contributed by atoms with E-state index in [1.165, 1.54) is 6.42 Å². The Bertz CT molecular complexity index is 590. The Morgan fingerprint density at radius 1 is 1.33 bits per heavy atom. The summed E-state index contributed by atoms with van der Waals surface area (Å²) < 4.78 is 7.25. The average molecular weight is 290 g/mol. The van der Waals surface area contributed by atoms with Gasteiger partial charge in [-0.25, -0.2) is 10.8 Å². The van der Waals surface area contributed by atoms with E-state index >= 15 is 0 Å². The van der Waals surface area contributed by atoms with Crippen LogP contribution < -0.4 is 16.6 Å². The molecule has 2 heterocycles. The molecule has 1 saturated carbocycles. The van der Waals surface area contributed by atoms with Gasteiger partial charge in [0, 0.05) is 26.0 Å². The fraction of sp³-hybridized carbons (Fsp3) is 0.500. The van der Waals surface area contributed by atoms with Crippen LogP contribution in [0.1, 0.15) is 19.3 Å². The molecule has 0 aromatic carbocycles. The molecule has 0 saturated heterocycles. The molecule has 1 aliphatic rings. The van der Waals surface area contributed by atoms with Gasteiger partial charge in [0.25, 0.3) is 0 Å². The van der Waals surface area contributed by atoms with Crippen LogP contribution in [-0.2, 0) is 4.74 Å². The number of nitrogen functional groups attached to an aromatic ring is 1. The summed E-state index contributed by atoms with van der Waals surface area (Å²) in [6.45, 7) is 0.654. The second-order valence-corrected chi connectivity index (χ2v) is 4.99. The number of aromatic nitrogens is 5. The number of nitrogens with zero attached hydrogens (tertiary/aromatic N) is 5. The van der Waals surface area contributed by atoms with Gasteiger partial charge in [-0.3, -0.25) is 9.99 Å². The highest BCUT2D eigenvalue weighted by molar-refractivity contribution is 5.37. The first kappa shape index (κ1) is 13.7. The number of hydrogen-bond donors (Lipinski definition) is 3. The Morgan fingerprint density at radius 2 is 2.14 bits per heavy atom. The zero-order valence-corrected chi connectivity index (χ0v) is 11.8. The van der Waals surface area contributed by atoms with Gasteiger partial charge < -0.3 is 10.1 Å². The molecule has 21 heavy (non-hydrogen) atoms. The first-order valence-electron chi connectivity index (χ1n) is 6.75. The number of nitrogens with two attached hydrogens (primary N) is 1. The highest BCUT2D eigenvalue weighted by Crippen LogP contribution is 2.34. The maximum absolute atomic E-state index is 5.57. The van der Waals surface area contributed by atoms with E-state index in [4.69, 9.17) is 10.6 Å². The molecule has 0 spiro atoms. The predicted octanol–water partition coefficient (Wildman–Crippen LogP) is 0.324. The largest absolute Gasteiger partial charge is 0.376 e. The first-order chi connectivity index (χ1) is 10.2. The van der Waals surface area contributed by atoms with Crippen molar-refractivity contribution >= 4 is 11.9 Å². The zero-order chi connectivity index (χ0) is 14.7. The minimum Gasteiger partial charge on any atom is -0.376 e. The van der Waals surface area contributed by atoms with Crippen LogP contribution in [-0.4, -0.2) is 43.8 Å². The van der Waals surface area contributed by atoms with Gasteiger partial charge in [0.15, 0.2) is 0 Å². The average Bonchev–Trinajstić information content (AvgIpc) is 3.00. The summed E-state index contributed by atoms with van der Waals surface area (Å²) in [5, 5.41) is 3.20. The van der Waals surface area contributed by atoms with Crippen LogP contribution >= 0.6 is 0 Å². The van der Waals surface area contributed by atoms with Crippen molar-refractivity contribution in [1.82, 2.24) is 24.5 Å². The molecule has 1 aliphatic carbocycles. The van der Waals surface area contributed by atoms with E-state index < -0.39 is 0 Å². The molecule has 9 nitrogen and oxygen atoms in total. The number of imidazole rings is 1. The maximum atomic E-state index is 5.57. The number of hydrazine groups is 1. The molecule has 0 amide bonds. The maximum Gasteiger partial charge on any atom is 0.243 e. The van der Waals surface area contributed by atoms with Gasteiger partial charge >= 0.3 is 0 Å². The molecular formula is C12H18N8O. The lowest BCUT2D eigenvalue weighted by atomic mass is 9.80. The topological polar surface area (TPSA) is 116 Å². The summed E-state index contributed by atoms with van der Waals surface area (Å²) in [6, 6.07) is 0. The second-order valence-electron chi connectivity index (χ2n) is 4.99. The Morgan fingerprint density at radius 3 is 2.71 bits per heavy atom. The number of nitrogens with one attached hydrogen (secondary N) is 2. The lowest BCUT2D eigenvalue weighted by Gasteiger charge is -2.40. The standard InChI is InChI=1S/C12H18N8O/c1-21-12(3-2-4-12)7-15-9-16-10(19-13)18-11(17-9)20-6-5-14-8-20/h5-6,8H,2-4,7,13H2,1H3,(H2,15,16,17,18,19). The quantitative estimate of drug-likeness (QED) is 0.514.